The molecule has 6 heteroatoms. The van der Waals surface area contributed by atoms with Gasteiger partial charge in [0, 0.05) is 37.1 Å². The zero-order valence-electron chi connectivity index (χ0n) is 15.0. The maximum Gasteiger partial charge on any atom is 0.235 e. The lowest BCUT2D eigenvalue weighted by Crippen LogP contribution is -2.31. The van der Waals surface area contributed by atoms with E-state index in [-0.39, 0.29) is 5.91 Å². The van der Waals surface area contributed by atoms with Crippen LogP contribution in [0, 0.1) is 6.92 Å². The number of benzene rings is 1. The van der Waals surface area contributed by atoms with Crippen molar-refractivity contribution in [1.82, 2.24) is 19.7 Å². The summed E-state index contributed by atoms with van der Waals surface area (Å²) in [4.78, 5) is 14.4. The van der Waals surface area contributed by atoms with Crippen molar-refractivity contribution in [2.45, 2.75) is 46.7 Å². The molecule has 0 aliphatic rings. The Morgan fingerprint density at radius 1 is 1.20 bits per heavy atom. The molecule has 0 N–H and O–H groups in total. The predicted octanol–water partition coefficient (Wildman–Crippen LogP) is 3.33. The Bertz CT molecular complexity index is 865. The second-order valence-electron chi connectivity index (χ2n) is 6.10. The highest BCUT2D eigenvalue weighted by Gasteiger charge is 2.16. The van der Waals surface area contributed by atoms with Gasteiger partial charge >= 0.3 is 0 Å². The second kappa shape index (κ2) is 7.51. The lowest BCUT2D eigenvalue weighted by atomic mass is 10.2. The van der Waals surface area contributed by atoms with Gasteiger partial charge in [-0.1, -0.05) is 25.1 Å². The molecule has 2 aromatic heterocycles. The van der Waals surface area contributed by atoms with Crippen LogP contribution in [0.4, 0.5) is 0 Å². The summed E-state index contributed by atoms with van der Waals surface area (Å²) in [7, 11) is 0. The largest absolute Gasteiger partial charge is 0.423 e. The van der Waals surface area contributed by atoms with Crippen molar-refractivity contribution in [2.24, 2.45) is 0 Å². The third-order valence-electron chi connectivity index (χ3n) is 4.44. The van der Waals surface area contributed by atoms with Gasteiger partial charge in [-0.3, -0.25) is 4.79 Å². The van der Waals surface area contributed by atoms with Crippen molar-refractivity contribution in [2.75, 3.05) is 6.54 Å². The van der Waals surface area contributed by atoms with E-state index in [2.05, 4.69) is 39.9 Å². The zero-order chi connectivity index (χ0) is 17.8. The Kier molecular flexibility index (Phi) is 5.16. The summed E-state index contributed by atoms with van der Waals surface area (Å²) in [5, 5.41) is 9.17. The molecular formula is C19H24N4O2. The maximum atomic E-state index is 12.6. The lowest BCUT2D eigenvalue weighted by molar-refractivity contribution is -0.132. The van der Waals surface area contributed by atoms with Crippen molar-refractivity contribution in [3.8, 4) is 0 Å². The van der Waals surface area contributed by atoms with Crippen LogP contribution in [-0.2, 0) is 24.3 Å². The molecule has 6 nitrogen and oxygen atoms in total. The summed E-state index contributed by atoms with van der Waals surface area (Å²) in [5.74, 6) is 1.19. The molecule has 0 saturated heterocycles. The van der Waals surface area contributed by atoms with Gasteiger partial charge in [0.05, 0.1) is 6.54 Å². The van der Waals surface area contributed by atoms with E-state index in [1.165, 1.54) is 16.6 Å². The monoisotopic (exact) mass is 340 g/mol. The standard InChI is InChI=1S/C19H24N4O2/c1-4-17-20-21-18(25-17)13-22(5-2)19(24)10-11-23-14(3)12-15-8-6-7-9-16(15)23/h6-9,12H,4-5,10-11,13H2,1-3H3. The number of aromatic nitrogens is 3. The van der Waals surface area contributed by atoms with Crippen LogP contribution in [-0.4, -0.2) is 32.1 Å². The normalized spacial score (nSPS) is 11.2. The van der Waals surface area contributed by atoms with Gasteiger partial charge in [0.25, 0.3) is 0 Å². The Morgan fingerprint density at radius 3 is 2.68 bits per heavy atom. The zero-order valence-corrected chi connectivity index (χ0v) is 15.0. The maximum absolute atomic E-state index is 12.6. The first kappa shape index (κ1) is 17.2. The fraction of sp³-hybridized carbons (Fsp3) is 0.421. The molecule has 3 aromatic rings. The van der Waals surface area contributed by atoms with E-state index in [0.29, 0.717) is 44.3 Å². The third-order valence-corrected chi connectivity index (χ3v) is 4.44. The van der Waals surface area contributed by atoms with Gasteiger partial charge < -0.3 is 13.9 Å². The summed E-state index contributed by atoms with van der Waals surface area (Å²) in [6.07, 6.45) is 1.15. The summed E-state index contributed by atoms with van der Waals surface area (Å²) < 4.78 is 7.72. The molecule has 1 amide bonds. The fourth-order valence-corrected chi connectivity index (χ4v) is 3.05. The van der Waals surface area contributed by atoms with Crippen LogP contribution in [0.15, 0.2) is 34.7 Å². The molecule has 0 unspecified atom stereocenters. The van der Waals surface area contributed by atoms with Gasteiger partial charge in [0.1, 0.15) is 0 Å². The van der Waals surface area contributed by atoms with E-state index in [1.54, 1.807) is 4.90 Å². The fourth-order valence-electron chi connectivity index (χ4n) is 3.05. The van der Waals surface area contributed by atoms with Gasteiger partial charge in [-0.15, -0.1) is 10.2 Å². The molecule has 0 fully saturated rings. The van der Waals surface area contributed by atoms with Gasteiger partial charge in [0.2, 0.25) is 17.7 Å². The molecule has 1 aromatic carbocycles. The van der Waals surface area contributed by atoms with E-state index in [4.69, 9.17) is 4.42 Å². The first-order valence-corrected chi connectivity index (χ1v) is 8.76. The van der Waals surface area contributed by atoms with Crippen LogP contribution in [0.1, 0.15) is 37.7 Å². The van der Waals surface area contributed by atoms with Crippen molar-refractivity contribution >= 4 is 16.8 Å². The summed E-state index contributed by atoms with van der Waals surface area (Å²) in [5.41, 5.74) is 2.34. The number of fused-ring (bicyclic) bond motifs is 1. The number of aryl methyl sites for hydroxylation is 3. The van der Waals surface area contributed by atoms with Crippen LogP contribution < -0.4 is 0 Å². The molecule has 0 saturated carbocycles. The molecule has 3 rings (SSSR count). The van der Waals surface area contributed by atoms with Gasteiger partial charge in [0.15, 0.2) is 0 Å². The predicted molar refractivity (Wildman–Crippen MR) is 96.1 cm³/mol. The van der Waals surface area contributed by atoms with Crippen LogP contribution in [0.5, 0.6) is 0 Å². The minimum atomic E-state index is 0.0935. The first-order chi connectivity index (χ1) is 12.1. The van der Waals surface area contributed by atoms with Gasteiger partial charge in [-0.2, -0.15) is 0 Å². The van der Waals surface area contributed by atoms with Crippen LogP contribution in [0.3, 0.4) is 0 Å². The van der Waals surface area contributed by atoms with Gasteiger partial charge in [-0.05, 0) is 31.4 Å². The number of amides is 1. The topological polar surface area (TPSA) is 64.2 Å². The molecule has 132 valence electrons. The Morgan fingerprint density at radius 2 is 1.96 bits per heavy atom. The summed E-state index contributed by atoms with van der Waals surface area (Å²) in [6, 6.07) is 10.4. The van der Waals surface area contributed by atoms with E-state index >= 15 is 0 Å². The van der Waals surface area contributed by atoms with Gasteiger partial charge in [-0.25, -0.2) is 0 Å². The molecule has 0 aliphatic heterocycles. The molecule has 0 atom stereocenters. The van der Waals surface area contributed by atoms with E-state index in [0.717, 1.165) is 0 Å². The molecule has 0 radical (unpaired) electrons. The van der Waals surface area contributed by atoms with E-state index in [1.807, 2.05) is 26.0 Å². The lowest BCUT2D eigenvalue weighted by Gasteiger charge is -2.19. The van der Waals surface area contributed by atoms with E-state index < -0.39 is 0 Å². The minimum Gasteiger partial charge on any atom is -0.423 e. The van der Waals surface area contributed by atoms with Crippen LogP contribution in [0.25, 0.3) is 10.9 Å². The Labute approximate surface area is 147 Å². The highest BCUT2D eigenvalue weighted by atomic mass is 16.4. The molecule has 0 bridgehead atoms. The highest BCUT2D eigenvalue weighted by Crippen LogP contribution is 2.19. The van der Waals surface area contributed by atoms with Crippen molar-refractivity contribution in [1.29, 1.82) is 0 Å². The van der Waals surface area contributed by atoms with E-state index in [9.17, 15) is 4.79 Å². The number of carbonyl (C=O) groups is 1. The van der Waals surface area contributed by atoms with Crippen molar-refractivity contribution in [3.05, 3.63) is 47.8 Å². The number of hydrogen-bond donors (Lipinski definition) is 0. The minimum absolute atomic E-state index is 0.0935. The quantitative estimate of drug-likeness (QED) is 0.662. The molecule has 2 heterocycles. The third kappa shape index (κ3) is 3.73. The molecular weight excluding hydrogens is 316 g/mol. The summed E-state index contributed by atoms with van der Waals surface area (Å²) >= 11 is 0. The number of rotatable bonds is 7. The van der Waals surface area contributed by atoms with Crippen molar-refractivity contribution < 1.29 is 9.21 Å². The molecule has 25 heavy (non-hydrogen) atoms. The second-order valence-corrected chi connectivity index (χ2v) is 6.10. The average molecular weight is 340 g/mol. The number of para-hydroxylation sites is 1. The number of hydrogen-bond acceptors (Lipinski definition) is 4. The SMILES string of the molecule is CCc1nnc(CN(CC)C(=O)CCn2c(C)cc3ccccc32)o1. The van der Waals surface area contributed by atoms with Crippen LogP contribution in [0.2, 0.25) is 0 Å². The molecule has 0 aliphatic carbocycles. The molecule has 0 spiro atoms. The smallest absolute Gasteiger partial charge is 0.235 e. The highest BCUT2D eigenvalue weighted by molar-refractivity contribution is 5.81. The summed E-state index contributed by atoms with van der Waals surface area (Å²) in [6.45, 7) is 7.66. The van der Waals surface area contributed by atoms with Crippen molar-refractivity contribution in [3.63, 3.8) is 0 Å². The average Bonchev–Trinajstić information content (AvgIpc) is 3.20. The number of carbonyl (C=O) groups excluding carboxylic acids is 1. The Hall–Kier alpha value is -2.63. The van der Waals surface area contributed by atoms with Crippen LogP contribution >= 0.6 is 0 Å². The Balaban J connectivity index is 1.66. The number of nitrogens with zero attached hydrogens (tertiary/aromatic N) is 4. The first-order valence-electron chi connectivity index (χ1n) is 8.76.